The van der Waals surface area contributed by atoms with Crippen LogP contribution in [0.25, 0.3) is 0 Å². The maximum Gasteiger partial charge on any atom is 0 e. The summed E-state index contributed by atoms with van der Waals surface area (Å²) in [6.45, 7) is 0. The Morgan fingerprint density at radius 3 is 0.106 bits per heavy atom. The Kier molecular flexibility index (Phi) is 154. The molecule has 104 heteroatoms. The standard InChI is InChI=1S/S104/c1-3-5-7-9-11-13-15-17-19-21-23-25-27-29-31-33-35-37-39-41-43-45-47-49-51-53-55-57-59-61-63-65-67-69-71-73-75-77-79-81-83-85-87-89-91-93-95-97-99-101-103-104-102-100-98-96-94-92-90-88-86-84-82-80-78-76-74-72-70-68-66-64-62-60-58-56-54-52-50-48-46-44-42-40-38-36-34-32-30-28-26-24-22-20-18-16-14-12-10-8-6-4-2. The molecule has 0 bridgehead atoms. The Hall–Kier alpha value is 22.9. The second-order valence-corrected chi connectivity index (χ2v) is 187. The van der Waals surface area contributed by atoms with Crippen molar-refractivity contribution in [2.45, 2.75) is 0 Å². The molecule has 104 heavy (non-hydrogen) atoms. The first-order chi connectivity index (χ1) is 51.9. The van der Waals surface area contributed by atoms with Crippen molar-refractivity contribution in [3.8, 4) is 0 Å². The van der Waals surface area contributed by atoms with Crippen LogP contribution in [-0.2, 0) is 928 Å². The molecule has 0 amide bonds. The molecule has 0 aliphatic carbocycles. The molecule has 0 heterocycles. The molecule has 0 saturated carbocycles. The second kappa shape index (κ2) is 126. The van der Waals surface area contributed by atoms with Gasteiger partial charge in [0, 0.05) is 928 Å². The third-order valence-electron chi connectivity index (χ3n) is 2.81. The van der Waals surface area contributed by atoms with Gasteiger partial charge in [0.25, 0.3) is 0 Å². The van der Waals surface area contributed by atoms with Gasteiger partial charge in [0.1, 0.15) is 0 Å². The molecular weight excluding hydrogens is 3330 g/mol. The molecular formula is S104. The predicted molar refractivity (Wildman–Crippen MR) is 766 cm³/mol. The largest absolute Gasteiger partial charge is 0 e. The molecule has 0 aromatic heterocycles. The molecule has 0 rings (SSSR count). The van der Waals surface area contributed by atoms with Crippen LogP contribution < -0.4 is 0 Å². The van der Waals surface area contributed by atoms with Crippen molar-refractivity contribution in [1.82, 2.24) is 0 Å². The predicted octanol–water partition coefficient (Wildman–Crippen LogP) is -0.250. The van der Waals surface area contributed by atoms with Crippen LogP contribution in [0.3, 0.4) is 0 Å². The fourth-order valence-corrected chi connectivity index (χ4v) is 276. The summed E-state index contributed by atoms with van der Waals surface area (Å²) in [5.41, 5.74) is 0. The zero-order chi connectivity index (χ0) is 74.1. The van der Waals surface area contributed by atoms with Crippen LogP contribution in [-0.4, -0.2) is 0 Å². The van der Waals surface area contributed by atoms with E-state index in [1.165, 1.54) is 17.8 Å². The fourth-order valence-electron chi connectivity index (χ4n) is 1.13. The molecule has 0 atom stereocenters. The highest BCUT2D eigenvalue weighted by atomic mass is 33.6. The van der Waals surface area contributed by atoms with E-state index in [2.05, 4.69) is 0 Å². The van der Waals surface area contributed by atoms with Gasteiger partial charge in [-0.2, -0.15) is 0 Å². The van der Waals surface area contributed by atoms with Crippen LogP contribution in [0.5, 0.6) is 0 Å². The molecule has 0 aliphatic rings. The van der Waals surface area contributed by atoms with Crippen molar-refractivity contribution in [3.63, 3.8) is 0 Å². The Morgan fingerprint density at radius 1 is 0.0481 bits per heavy atom. The molecule has 0 aromatic rings. The van der Waals surface area contributed by atoms with Gasteiger partial charge in [-0.25, -0.2) is 0 Å². The van der Waals surface area contributed by atoms with Gasteiger partial charge in [0.15, 0.2) is 0 Å². The van der Waals surface area contributed by atoms with Crippen LogP contribution in [0.15, 0.2) is 0 Å². The van der Waals surface area contributed by atoms with E-state index < -0.39 is 0 Å². The monoisotopic (exact) mass is 3330 g/mol. The lowest BCUT2D eigenvalue weighted by Crippen LogP contribution is -1.41. The molecule has 0 radical (unpaired) electrons. The van der Waals surface area contributed by atoms with Crippen molar-refractivity contribution < 1.29 is 0 Å². The Labute approximate surface area is 898 Å². The summed E-state index contributed by atoms with van der Waals surface area (Å²) < 4.78 is 0. The Bertz CT molecular complexity index is 7850. The van der Waals surface area contributed by atoms with Gasteiger partial charge >= 0.3 is 0 Å². The smallest absolute Gasteiger partial charge is 0 e. The van der Waals surface area contributed by atoms with Crippen LogP contribution >= 0.6 is 0 Å². The third kappa shape index (κ3) is 125. The lowest BCUT2D eigenvalue weighted by atomic mass is 30.7. The van der Waals surface area contributed by atoms with Gasteiger partial charge in [0.2, 0.25) is 0 Å². The zero-order valence-electron chi connectivity index (χ0n) is 42.5. The zero-order valence-corrected chi connectivity index (χ0v) is 127. The van der Waals surface area contributed by atoms with Gasteiger partial charge < -0.3 is 0 Å². The van der Waals surface area contributed by atoms with Crippen LogP contribution in [0, 0.1) is 0 Å². The summed E-state index contributed by atoms with van der Waals surface area (Å²) in [4.78, 5) is 0. The van der Waals surface area contributed by atoms with Crippen LogP contribution in [0.1, 0.15) is 0 Å². The molecule has 0 nitrogen and oxygen atoms in total. The van der Waals surface area contributed by atoms with E-state index in [9.17, 15) is 0 Å². The summed E-state index contributed by atoms with van der Waals surface area (Å²) in [6.07, 6.45) is 0. The lowest BCUT2D eigenvalue weighted by Gasteiger charge is -1.41. The first-order valence-electron chi connectivity index (χ1n) is 17.2. The number of hydrogen-bond donors (Lipinski definition) is 0. The maximum absolute atomic E-state index is 4.83. The third-order valence-corrected chi connectivity index (χ3v) is 227. The van der Waals surface area contributed by atoms with Gasteiger partial charge in [-0.3, -0.25) is 0 Å². The molecule has 0 unspecified atom stereocenters. The highest BCUT2D eigenvalue weighted by Crippen LogP contribution is 1.51. The minimum atomic E-state index is 1.37. The first kappa shape index (κ1) is 127. The summed E-state index contributed by atoms with van der Waals surface area (Å²) in [5.74, 6) is 0. The van der Waals surface area contributed by atoms with Crippen molar-refractivity contribution in [2.75, 3.05) is 0 Å². The van der Waals surface area contributed by atoms with Gasteiger partial charge in [-0.05, 0) is 0 Å². The van der Waals surface area contributed by atoms with Crippen molar-refractivity contribution in [3.05, 3.63) is 0 Å². The van der Waals surface area contributed by atoms with E-state index in [0.29, 0.717) is 0 Å². The summed E-state index contributed by atoms with van der Waals surface area (Å²) >= 11 is 9.66. The minimum Gasteiger partial charge on any atom is 0 e. The van der Waals surface area contributed by atoms with E-state index >= 15 is 0 Å². The second-order valence-electron chi connectivity index (χ2n) is 6.94. The average molecular weight is 3330 g/mol. The minimum absolute atomic E-state index is 1.37. The number of hydrogen-bond acceptors (Lipinski definition) is 2. The van der Waals surface area contributed by atoms with Gasteiger partial charge in [-0.15, -0.1) is 0 Å². The van der Waals surface area contributed by atoms with E-state index in [4.69, 9.17) is 22.4 Å². The number of rotatable bonds is 0. The SMILES string of the molecule is S=S=S=S=S=S=S=S=S=S=S=S=S=S=S=S=S=S=S=S=S=S=S=S=S=S=S=S=S=S=S=S=S=S=S=S=S=S=S=S=S=S=S=S=S=S=S=S=S=S=S=S=S=S=S=S=S=S=S=S=S=S=S=S=S=S=S=S=S=S=S=S=S=S=S=S=S=S=S=S=S=S=S=S=S=S=S=S=S=S=S=S=S=S=S=S=S=S=S=S=S=S=S=S. The normalized spacial score (nSPS) is 7.88. The fraction of sp³-hybridized carbons (Fsp3) is 0. The molecule has 0 aromatic carbocycles. The lowest BCUT2D eigenvalue weighted by molar-refractivity contribution is 5.95. The first-order valence-corrected chi connectivity index (χ1v) is 154. The van der Waals surface area contributed by atoms with Crippen molar-refractivity contribution in [2.24, 2.45) is 0 Å². The molecule has 0 fully saturated rings. The van der Waals surface area contributed by atoms with E-state index in [-0.39, 0.29) is 0 Å². The average Bonchev–Trinajstić information content (AvgIpc) is 3.68. The highest BCUT2D eigenvalue weighted by Gasteiger charge is 1.51. The van der Waals surface area contributed by atoms with Crippen LogP contribution in [0.4, 0.5) is 0 Å². The molecule has 0 N–H and O–H groups in total. The topological polar surface area (TPSA) is 0 Å². The summed E-state index contributed by atoms with van der Waals surface area (Å²) in [5, 5.41) is 0. The quantitative estimate of drug-likeness (QED) is 0.329. The van der Waals surface area contributed by atoms with E-state index in [1.54, 1.807) is 107 Å². The van der Waals surface area contributed by atoms with E-state index in [1.807, 2.05) is 781 Å². The molecule has 624 valence electrons. The Balaban J connectivity index is 6.18. The van der Waals surface area contributed by atoms with Gasteiger partial charge in [0.05, 0.1) is 0 Å². The summed E-state index contributed by atoms with van der Waals surface area (Å²) in [6, 6.07) is 0. The Morgan fingerprint density at radius 2 is 0.0769 bits per heavy atom. The summed E-state index contributed by atoms with van der Waals surface area (Å²) in [7, 11) is 185. The molecule has 0 spiro atoms. The molecule has 0 aliphatic heterocycles. The molecule has 0 saturated heterocycles. The highest BCUT2D eigenvalue weighted by molar-refractivity contribution is 8.88. The van der Waals surface area contributed by atoms with E-state index in [0.717, 1.165) is 0 Å². The van der Waals surface area contributed by atoms with Crippen molar-refractivity contribution >= 4 is 928 Å². The van der Waals surface area contributed by atoms with Gasteiger partial charge in [-0.1, -0.05) is 0 Å². The van der Waals surface area contributed by atoms with Crippen LogP contribution in [0.2, 0.25) is 0 Å². The van der Waals surface area contributed by atoms with Crippen molar-refractivity contribution in [1.29, 1.82) is 0 Å². The maximum atomic E-state index is 4.83.